The molecule has 1 aromatic carbocycles. The maximum absolute atomic E-state index is 10.4. The van der Waals surface area contributed by atoms with E-state index in [1.165, 1.54) is 0 Å². The molecule has 0 aliphatic carbocycles. The van der Waals surface area contributed by atoms with Gasteiger partial charge in [0, 0.05) is 11.3 Å². The van der Waals surface area contributed by atoms with Crippen LogP contribution in [0.1, 0.15) is 17.5 Å². The molecule has 1 rings (SSSR count). The highest BCUT2D eigenvalue weighted by Gasteiger charge is 1.94. The summed E-state index contributed by atoms with van der Waals surface area (Å²) in [6.07, 6.45) is 0.0871. The van der Waals surface area contributed by atoms with Gasteiger partial charge in [-0.05, 0) is 30.7 Å². The highest BCUT2D eigenvalue weighted by molar-refractivity contribution is 5.76. The number of nitrogens with two attached hydrogens (primary N) is 2. The molecule has 0 heterocycles. The van der Waals surface area contributed by atoms with Crippen molar-refractivity contribution in [2.45, 2.75) is 13.3 Å². The van der Waals surface area contributed by atoms with E-state index in [1.54, 1.807) is 6.07 Å². The maximum Gasteiger partial charge on any atom is 0.229 e. The van der Waals surface area contributed by atoms with Gasteiger partial charge in [0.15, 0.2) is 0 Å². The lowest BCUT2D eigenvalue weighted by Gasteiger charge is -1.98. The molecular formula is C11H12N2O. The van der Waals surface area contributed by atoms with Crippen molar-refractivity contribution in [2.24, 2.45) is 5.73 Å². The summed E-state index contributed by atoms with van der Waals surface area (Å²) >= 11 is 0. The van der Waals surface area contributed by atoms with Crippen LogP contribution in [-0.2, 0) is 4.79 Å². The average Bonchev–Trinajstić information content (AvgIpc) is 2.08. The molecule has 3 heteroatoms. The van der Waals surface area contributed by atoms with Gasteiger partial charge in [0.05, 0.1) is 6.42 Å². The van der Waals surface area contributed by atoms with E-state index < -0.39 is 5.91 Å². The Labute approximate surface area is 83.1 Å². The van der Waals surface area contributed by atoms with E-state index in [4.69, 9.17) is 11.5 Å². The van der Waals surface area contributed by atoms with E-state index in [2.05, 4.69) is 11.8 Å². The number of nitrogen functional groups attached to an aromatic ring is 1. The molecule has 1 aromatic rings. The number of carbonyl (C=O) groups is 1. The Kier molecular flexibility index (Phi) is 3.14. The summed E-state index contributed by atoms with van der Waals surface area (Å²) in [5.41, 5.74) is 13.1. The minimum atomic E-state index is -0.411. The molecule has 0 unspecified atom stereocenters. The Balaban J connectivity index is 2.85. The van der Waals surface area contributed by atoms with E-state index in [0.29, 0.717) is 5.69 Å². The quantitative estimate of drug-likeness (QED) is 0.505. The van der Waals surface area contributed by atoms with Gasteiger partial charge in [-0.2, -0.15) is 0 Å². The first-order chi connectivity index (χ1) is 6.59. The molecule has 0 saturated heterocycles. The number of anilines is 1. The predicted octanol–water partition coefficient (Wildman–Crippen LogP) is 0.804. The first-order valence-corrected chi connectivity index (χ1v) is 4.23. The zero-order chi connectivity index (χ0) is 10.6. The van der Waals surface area contributed by atoms with Gasteiger partial charge >= 0.3 is 0 Å². The van der Waals surface area contributed by atoms with Gasteiger partial charge in [0.2, 0.25) is 5.91 Å². The summed E-state index contributed by atoms with van der Waals surface area (Å²) in [6, 6.07) is 5.45. The predicted molar refractivity (Wildman–Crippen MR) is 56.3 cm³/mol. The van der Waals surface area contributed by atoms with E-state index in [-0.39, 0.29) is 6.42 Å². The van der Waals surface area contributed by atoms with Crippen LogP contribution in [0.4, 0.5) is 5.69 Å². The molecule has 0 radical (unpaired) electrons. The Hall–Kier alpha value is -1.95. The highest BCUT2D eigenvalue weighted by atomic mass is 16.1. The van der Waals surface area contributed by atoms with Crippen molar-refractivity contribution >= 4 is 11.6 Å². The standard InChI is InChI=1S/C11H12N2O/c1-8-7-10(12)6-5-9(8)3-2-4-11(13)14/h5-7H,4,12H2,1H3,(H2,13,14). The minimum absolute atomic E-state index is 0.0871. The molecule has 0 bridgehead atoms. The van der Waals surface area contributed by atoms with Crippen LogP contribution in [0.3, 0.4) is 0 Å². The van der Waals surface area contributed by atoms with Crippen LogP contribution in [0.25, 0.3) is 0 Å². The molecule has 0 fully saturated rings. The first-order valence-electron chi connectivity index (χ1n) is 4.23. The third-order valence-corrected chi connectivity index (χ3v) is 1.74. The molecule has 0 atom stereocenters. The van der Waals surface area contributed by atoms with Gasteiger partial charge < -0.3 is 11.5 Å². The molecule has 0 spiro atoms. The van der Waals surface area contributed by atoms with Crippen LogP contribution in [-0.4, -0.2) is 5.91 Å². The molecular weight excluding hydrogens is 176 g/mol. The van der Waals surface area contributed by atoms with E-state index in [1.807, 2.05) is 19.1 Å². The molecule has 3 nitrogen and oxygen atoms in total. The summed E-state index contributed by atoms with van der Waals surface area (Å²) < 4.78 is 0. The minimum Gasteiger partial charge on any atom is -0.399 e. The third-order valence-electron chi connectivity index (χ3n) is 1.74. The second kappa shape index (κ2) is 4.33. The number of primary amides is 1. The van der Waals surface area contributed by atoms with Crippen LogP contribution >= 0.6 is 0 Å². The fourth-order valence-electron chi connectivity index (χ4n) is 1.05. The Bertz CT molecular complexity index is 413. The van der Waals surface area contributed by atoms with Crippen LogP contribution in [0.2, 0.25) is 0 Å². The Morgan fingerprint density at radius 1 is 1.50 bits per heavy atom. The number of hydrogen-bond donors (Lipinski definition) is 2. The zero-order valence-electron chi connectivity index (χ0n) is 8.00. The van der Waals surface area contributed by atoms with Crippen molar-refractivity contribution in [3.8, 4) is 11.8 Å². The van der Waals surface area contributed by atoms with Crippen LogP contribution in [0.5, 0.6) is 0 Å². The zero-order valence-corrected chi connectivity index (χ0v) is 8.00. The number of benzene rings is 1. The van der Waals surface area contributed by atoms with Gasteiger partial charge in [0.1, 0.15) is 0 Å². The largest absolute Gasteiger partial charge is 0.399 e. The Morgan fingerprint density at radius 2 is 2.21 bits per heavy atom. The lowest BCUT2D eigenvalue weighted by Crippen LogP contribution is -2.08. The second-order valence-electron chi connectivity index (χ2n) is 3.02. The fraction of sp³-hybridized carbons (Fsp3) is 0.182. The van der Waals surface area contributed by atoms with E-state index >= 15 is 0 Å². The molecule has 72 valence electrons. The average molecular weight is 188 g/mol. The van der Waals surface area contributed by atoms with Crippen LogP contribution in [0, 0.1) is 18.8 Å². The fourth-order valence-corrected chi connectivity index (χ4v) is 1.05. The van der Waals surface area contributed by atoms with E-state index in [0.717, 1.165) is 11.1 Å². The number of carbonyl (C=O) groups excluding carboxylic acids is 1. The monoisotopic (exact) mass is 188 g/mol. The van der Waals surface area contributed by atoms with Gasteiger partial charge in [0.25, 0.3) is 0 Å². The van der Waals surface area contributed by atoms with Gasteiger partial charge in [-0.15, -0.1) is 0 Å². The molecule has 0 aliphatic rings. The number of aryl methyl sites for hydroxylation is 1. The smallest absolute Gasteiger partial charge is 0.229 e. The van der Waals surface area contributed by atoms with Crippen molar-refractivity contribution in [3.05, 3.63) is 29.3 Å². The second-order valence-corrected chi connectivity index (χ2v) is 3.02. The highest BCUT2D eigenvalue weighted by Crippen LogP contribution is 2.10. The summed E-state index contributed by atoms with van der Waals surface area (Å²) in [7, 11) is 0. The molecule has 0 aliphatic heterocycles. The first kappa shape index (κ1) is 10.1. The van der Waals surface area contributed by atoms with Crippen molar-refractivity contribution in [3.63, 3.8) is 0 Å². The Morgan fingerprint density at radius 3 is 2.79 bits per heavy atom. The van der Waals surface area contributed by atoms with Crippen LogP contribution in [0.15, 0.2) is 18.2 Å². The van der Waals surface area contributed by atoms with Crippen molar-refractivity contribution in [2.75, 3.05) is 5.73 Å². The number of hydrogen-bond acceptors (Lipinski definition) is 2. The third kappa shape index (κ3) is 2.83. The van der Waals surface area contributed by atoms with Crippen molar-refractivity contribution in [1.82, 2.24) is 0 Å². The molecule has 0 saturated carbocycles. The van der Waals surface area contributed by atoms with Crippen molar-refractivity contribution < 1.29 is 4.79 Å². The lowest BCUT2D eigenvalue weighted by molar-refractivity contribution is -0.117. The molecule has 0 aromatic heterocycles. The summed E-state index contributed by atoms with van der Waals surface area (Å²) in [4.78, 5) is 10.4. The van der Waals surface area contributed by atoms with Gasteiger partial charge in [-0.3, -0.25) is 4.79 Å². The normalized spacial score (nSPS) is 8.93. The van der Waals surface area contributed by atoms with Gasteiger partial charge in [-0.1, -0.05) is 11.8 Å². The van der Waals surface area contributed by atoms with Gasteiger partial charge in [-0.25, -0.2) is 0 Å². The summed E-state index contributed by atoms with van der Waals surface area (Å²) in [5.74, 6) is 5.15. The number of amides is 1. The van der Waals surface area contributed by atoms with Crippen LogP contribution < -0.4 is 11.5 Å². The summed E-state index contributed by atoms with van der Waals surface area (Å²) in [6.45, 7) is 1.92. The SMILES string of the molecule is Cc1cc(N)ccc1C#CCC(N)=O. The summed E-state index contributed by atoms with van der Waals surface area (Å²) in [5, 5.41) is 0. The van der Waals surface area contributed by atoms with E-state index in [9.17, 15) is 4.79 Å². The molecule has 4 N–H and O–H groups in total. The number of rotatable bonds is 1. The topological polar surface area (TPSA) is 69.1 Å². The van der Waals surface area contributed by atoms with Crippen molar-refractivity contribution in [1.29, 1.82) is 0 Å². The molecule has 14 heavy (non-hydrogen) atoms. The maximum atomic E-state index is 10.4. The lowest BCUT2D eigenvalue weighted by atomic mass is 10.1. The molecule has 1 amide bonds.